The van der Waals surface area contributed by atoms with Crippen molar-refractivity contribution < 1.29 is 4.79 Å². The molecule has 3 rings (SSSR count). The van der Waals surface area contributed by atoms with Crippen molar-refractivity contribution in [2.75, 3.05) is 0 Å². The van der Waals surface area contributed by atoms with E-state index in [1.54, 1.807) is 6.20 Å². The summed E-state index contributed by atoms with van der Waals surface area (Å²) in [5.41, 5.74) is 4.13. The molecule has 0 saturated heterocycles. The van der Waals surface area contributed by atoms with Crippen LogP contribution in [0.15, 0.2) is 60.9 Å². The van der Waals surface area contributed by atoms with Crippen LogP contribution in [0.2, 0.25) is 0 Å². The molecule has 1 unspecified atom stereocenters. The molecule has 128 valence electrons. The Morgan fingerprint density at radius 3 is 2.36 bits per heavy atom. The quantitative estimate of drug-likeness (QED) is 0.766. The molecule has 0 bridgehead atoms. The molecule has 1 N–H and O–H groups in total. The van der Waals surface area contributed by atoms with Gasteiger partial charge in [0.15, 0.2) is 0 Å². The molecular formula is C21H23N3O. The summed E-state index contributed by atoms with van der Waals surface area (Å²) in [6.07, 6.45) is 3.75. The largest absolute Gasteiger partial charge is 0.346 e. The molecule has 0 aliphatic heterocycles. The Morgan fingerprint density at radius 2 is 1.76 bits per heavy atom. The van der Waals surface area contributed by atoms with Gasteiger partial charge in [-0.2, -0.15) is 0 Å². The zero-order valence-electron chi connectivity index (χ0n) is 14.9. The minimum absolute atomic E-state index is 0.0265. The van der Waals surface area contributed by atoms with E-state index in [9.17, 15) is 4.79 Å². The Labute approximate surface area is 148 Å². The lowest BCUT2D eigenvalue weighted by Crippen LogP contribution is -2.26. The number of carbonyl (C=O) groups excluding carboxylic acids is 1. The van der Waals surface area contributed by atoms with Gasteiger partial charge in [-0.05, 0) is 44.0 Å². The second-order valence-corrected chi connectivity index (χ2v) is 6.41. The lowest BCUT2D eigenvalue weighted by molar-refractivity contribution is 0.0940. The first-order chi connectivity index (χ1) is 12.0. The second kappa shape index (κ2) is 7.34. The highest BCUT2D eigenvalue weighted by Gasteiger charge is 2.11. The van der Waals surface area contributed by atoms with Crippen LogP contribution in [0.3, 0.4) is 0 Å². The standard InChI is InChI=1S/C21H23N3O/c1-15-4-8-19(9-5-15)16(2)23-21(25)20-10-6-18(7-11-20)14-24-13-12-22-17(24)3/h4-13,16H,14H2,1-3H3,(H,23,25). The van der Waals surface area contributed by atoms with E-state index < -0.39 is 0 Å². The molecule has 25 heavy (non-hydrogen) atoms. The van der Waals surface area contributed by atoms with Crippen molar-refractivity contribution in [1.82, 2.24) is 14.9 Å². The first-order valence-electron chi connectivity index (χ1n) is 8.47. The zero-order chi connectivity index (χ0) is 17.8. The smallest absolute Gasteiger partial charge is 0.251 e. The number of nitrogens with zero attached hydrogens (tertiary/aromatic N) is 2. The number of imidazole rings is 1. The lowest BCUT2D eigenvalue weighted by Gasteiger charge is -2.15. The van der Waals surface area contributed by atoms with Crippen molar-refractivity contribution in [3.8, 4) is 0 Å². The van der Waals surface area contributed by atoms with Gasteiger partial charge in [0.25, 0.3) is 5.91 Å². The molecule has 0 spiro atoms. The maximum atomic E-state index is 12.5. The zero-order valence-corrected chi connectivity index (χ0v) is 14.9. The van der Waals surface area contributed by atoms with E-state index >= 15 is 0 Å². The van der Waals surface area contributed by atoms with Crippen LogP contribution in [0, 0.1) is 13.8 Å². The van der Waals surface area contributed by atoms with Crippen molar-refractivity contribution in [3.05, 3.63) is 89.0 Å². The summed E-state index contributed by atoms with van der Waals surface area (Å²) >= 11 is 0. The molecule has 1 amide bonds. The SMILES string of the molecule is Cc1ccc(C(C)NC(=O)c2ccc(Cn3ccnc3C)cc2)cc1. The Kier molecular flexibility index (Phi) is 4.98. The Morgan fingerprint density at radius 1 is 1.08 bits per heavy atom. The minimum Gasteiger partial charge on any atom is -0.346 e. The minimum atomic E-state index is -0.0570. The third-order valence-electron chi connectivity index (χ3n) is 4.42. The fourth-order valence-electron chi connectivity index (χ4n) is 2.75. The molecule has 0 aliphatic carbocycles. The summed E-state index contributed by atoms with van der Waals surface area (Å²) < 4.78 is 2.08. The van der Waals surface area contributed by atoms with Gasteiger partial charge >= 0.3 is 0 Å². The molecule has 4 nitrogen and oxygen atoms in total. The third kappa shape index (κ3) is 4.15. The highest BCUT2D eigenvalue weighted by atomic mass is 16.1. The monoisotopic (exact) mass is 333 g/mol. The number of aryl methyl sites for hydroxylation is 2. The van der Waals surface area contributed by atoms with Crippen LogP contribution < -0.4 is 5.32 Å². The summed E-state index contributed by atoms with van der Waals surface area (Å²) in [4.78, 5) is 16.7. The van der Waals surface area contributed by atoms with Crippen LogP contribution in [0.1, 0.15) is 45.8 Å². The van der Waals surface area contributed by atoms with Gasteiger partial charge in [-0.1, -0.05) is 42.0 Å². The number of hydrogen-bond acceptors (Lipinski definition) is 2. The topological polar surface area (TPSA) is 46.9 Å². The van der Waals surface area contributed by atoms with Gasteiger partial charge in [0.1, 0.15) is 5.82 Å². The van der Waals surface area contributed by atoms with Gasteiger partial charge in [0.05, 0.1) is 6.04 Å². The number of carbonyl (C=O) groups is 1. The van der Waals surface area contributed by atoms with Gasteiger partial charge < -0.3 is 9.88 Å². The van der Waals surface area contributed by atoms with Crippen molar-refractivity contribution in [2.45, 2.75) is 33.4 Å². The average molecular weight is 333 g/mol. The predicted molar refractivity (Wildman–Crippen MR) is 99.6 cm³/mol. The lowest BCUT2D eigenvalue weighted by atomic mass is 10.1. The van der Waals surface area contributed by atoms with E-state index in [-0.39, 0.29) is 11.9 Å². The predicted octanol–water partition coefficient (Wildman–Crippen LogP) is 4.04. The van der Waals surface area contributed by atoms with Gasteiger partial charge in [-0.25, -0.2) is 4.98 Å². The first kappa shape index (κ1) is 17.0. The molecule has 1 aromatic heterocycles. The summed E-state index contributed by atoms with van der Waals surface area (Å²) in [7, 11) is 0. The molecule has 4 heteroatoms. The Hall–Kier alpha value is -2.88. The summed E-state index contributed by atoms with van der Waals surface area (Å²) in [5, 5.41) is 3.05. The Bertz CT molecular complexity index is 848. The molecule has 1 heterocycles. The van der Waals surface area contributed by atoms with Crippen LogP contribution >= 0.6 is 0 Å². The van der Waals surface area contributed by atoms with E-state index in [1.807, 2.05) is 44.3 Å². The number of amides is 1. The molecule has 0 aliphatic rings. The van der Waals surface area contributed by atoms with Gasteiger partial charge in [0.2, 0.25) is 0 Å². The van der Waals surface area contributed by atoms with Crippen LogP contribution in [0.4, 0.5) is 0 Å². The molecule has 0 radical (unpaired) electrons. The van der Waals surface area contributed by atoms with Crippen LogP contribution in [-0.2, 0) is 6.54 Å². The van der Waals surface area contributed by atoms with Gasteiger partial charge in [-0.3, -0.25) is 4.79 Å². The number of rotatable bonds is 5. The van der Waals surface area contributed by atoms with Crippen molar-refractivity contribution in [3.63, 3.8) is 0 Å². The molecule has 2 aromatic carbocycles. The number of benzene rings is 2. The number of aromatic nitrogens is 2. The summed E-state index contributed by atoms with van der Waals surface area (Å²) in [5.74, 6) is 0.923. The first-order valence-corrected chi connectivity index (χ1v) is 8.47. The van der Waals surface area contributed by atoms with Crippen molar-refractivity contribution >= 4 is 5.91 Å². The van der Waals surface area contributed by atoms with E-state index in [0.717, 1.165) is 23.5 Å². The molecule has 3 aromatic rings. The summed E-state index contributed by atoms with van der Waals surface area (Å²) in [6, 6.07) is 15.9. The molecular weight excluding hydrogens is 310 g/mol. The van der Waals surface area contributed by atoms with Crippen molar-refractivity contribution in [1.29, 1.82) is 0 Å². The normalized spacial score (nSPS) is 12.0. The van der Waals surface area contributed by atoms with Crippen LogP contribution in [0.25, 0.3) is 0 Å². The van der Waals surface area contributed by atoms with Crippen LogP contribution in [0.5, 0.6) is 0 Å². The number of hydrogen-bond donors (Lipinski definition) is 1. The molecule has 0 fully saturated rings. The van der Waals surface area contributed by atoms with E-state index in [0.29, 0.717) is 5.56 Å². The fourth-order valence-corrected chi connectivity index (χ4v) is 2.75. The maximum Gasteiger partial charge on any atom is 0.251 e. The highest BCUT2D eigenvalue weighted by Crippen LogP contribution is 2.14. The molecule has 1 atom stereocenters. The fraction of sp³-hybridized carbons (Fsp3) is 0.238. The van der Waals surface area contributed by atoms with Crippen molar-refractivity contribution in [2.24, 2.45) is 0 Å². The Balaban J connectivity index is 1.64. The van der Waals surface area contributed by atoms with Gasteiger partial charge in [-0.15, -0.1) is 0 Å². The third-order valence-corrected chi connectivity index (χ3v) is 4.42. The highest BCUT2D eigenvalue weighted by molar-refractivity contribution is 5.94. The van der Waals surface area contributed by atoms with Gasteiger partial charge in [0, 0.05) is 24.5 Å². The molecule has 0 saturated carbocycles. The summed E-state index contributed by atoms with van der Waals surface area (Å²) in [6.45, 7) is 6.79. The average Bonchev–Trinajstić information content (AvgIpc) is 3.01. The second-order valence-electron chi connectivity index (χ2n) is 6.41. The van der Waals surface area contributed by atoms with Crippen LogP contribution in [-0.4, -0.2) is 15.5 Å². The van der Waals surface area contributed by atoms with E-state index in [1.165, 1.54) is 5.56 Å². The number of nitrogens with one attached hydrogen (secondary N) is 1. The van der Waals surface area contributed by atoms with E-state index in [4.69, 9.17) is 0 Å². The maximum absolute atomic E-state index is 12.5. The van der Waals surface area contributed by atoms with E-state index in [2.05, 4.69) is 46.1 Å².